The maximum Gasteiger partial charge on any atom is 0.573 e. The third-order valence-corrected chi connectivity index (χ3v) is 2.33. The zero-order valence-corrected chi connectivity index (χ0v) is 11.3. The van der Waals surface area contributed by atoms with Crippen LogP contribution in [0.3, 0.4) is 0 Å². The van der Waals surface area contributed by atoms with Crippen LogP contribution in [0.15, 0.2) is 18.2 Å². The maximum atomic E-state index is 13.5. The lowest BCUT2D eigenvalue weighted by molar-refractivity contribution is -0.274. The summed E-state index contributed by atoms with van der Waals surface area (Å²) in [7, 11) is 0. The van der Waals surface area contributed by atoms with Gasteiger partial charge in [-0.25, -0.2) is 4.39 Å². The van der Waals surface area contributed by atoms with Crippen molar-refractivity contribution in [2.24, 2.45) is 11.7 Å². The van der Waals surface area contributed by atoms with Crippen LogP contribution in [0, 0.1) is 11.7 Å². The van der Waals surface area contributed by atoms with E-state index in [9.17, 15) is 17.6 Å². The van der Waals surface area contributed by atoms with Crippen molar-refractivity contribution in [3.63, 3.8) is 0 Å². The summed E-state index contributed by atoms with van der Waals surface area (Å²) in [6.07, 6.45) is -4.32. The maximum absolute atomic E-state index is 13.5. The van der Waals surface area contributed by atoms with E-state index in [1.54, 1.807) is 0 Å². The molecule has 0 aromatic heterocycles. The SMILES string of the molecule is CC(C)C[C@@H](N)c1cc(OC(F)(F)F)ccc1F.Cl. The second-order valence-electron chi connectivity index (χ2n) is 4.47. The molecule has 1 aromatic carbocycles. The van der Waals surface area contributed by atoms with Crippen LogP contribution >= 0.6 is 12.4 Å². The molecule has 1 aromatic rings. The molecule has 1 atom stereocenters. The lowest BCUT2D eigenvalue weighted by Crippen LogP contribution is -2.19. The minimum atomic E-state index is -4.79. The highest BCUT2D eigenvalue weighted by atomic mass is 35.5. The van der Waals surface area contributed by atoms with Gasteiger partial charge in [0.25, 0.3) is 0 Å². The zero-order chi connectivity index (χ0) is 13.9. The van der Waals surface area contributed by atoms with Crippen LogP contribution in [0.2, 0.25) is 0 Å². The monoisotopic (exact) mass is 301 g/mol. The van der Waals surface area contributed by atoms with Gasteiger partial charge < -0.3 is 10.5 Å². The molecule has 7 heteroatoms. The molecule has 2 N–H and O–H groups in total. The standard InChI is InChI=1S/C12H15F4NO.ClH/c1-7(2)5-11(17)9-6-8(3-4-10(9)13)18-12(14,15)16;/h3-4,6-7,11H,5,17H2,1-2H3;1H/t11-;/m1./s1. The first-order chi connectivity index (χ1) is 8.19. The van der Waals surface area contributed by atoms with E-state index in [0.717, 1.165) is 18.2 Å². The molecule has 0 aliphatic rings. The minimum Gasteiger partial charge on any atom is -0.406 e. The van der Waals surface area contributed by atoms with E-state index in [2.05, 4.69) is 4.74 Å². The van der Waals surface area contributed by atoms with Gasteiger partial charge in [0.1, 0.15) is 11.6 Å². The molecule has 110 valence electrons. The normalized spacial score (nSPS) is 13.1. The molecule has 2 nitrogen and oxygen atoms in total. The van der Waals surface area contributed by atoms with Crippen LogP contribution < -0.4 is 10.5 Å². The fourth-order valence-electron chi connectivity index (χ4n) is 1.64. The summed E-state index contributed by atoms with van der Waals surface area (Å²) in [6, 6.07) is 2.20. The van der Waals surface area contributed by atoms with Gasteiger partial charge in [0, 0.05) is 11.6 Å². The Labute approximate surface area is 115 Å². The molecule has 1 rings (SSSR count). The summed E-state index contributed by atoms with van der Waals surface area (Å²) in [5, 5.41) is 0. The molecule has 19 heavy (non-hydrogen) atoms. The van der Waals surface area contributed by atoms with Gasteiger partial charge in [-0.05, 0) is 30.5 Å². The lowest BCUT2D eigenvalue weighted by Gasteiger charge is -2.17. The molecule has 0 unspecified atom stereocenters. The summed E-state index contributed by atoms with van der Waals surface area (Å²) in [6.45, 7) is 3.79. The van der Waals surface area contributed by atoms with Crippen LogP contribution in [0.25, 0.3) is 0 Å². The number of hydrogen-bond donors (Lipinski definition) is 1. The number of nitrogens with two attached hydrogens (primary N) is 1. The van der Waals surface area contributed by atoms with Crippen molar-refractivity contribution in [3.8, 4) is 5.75 Å². The van der Waals surface area contributed by atoms with Crippen LogP contribution in [0.4, 0.5) is 17.6 Å². The Hall–Kier alpha value is -1.01. The van der Waals surface area contributed by atoms with E-state index in [4.69, 9.17) is 5.73 Å². The molecular weight excluding hydrogens is 286 g/mol. The average molecular weight is 302 g/mol. The Balaban J connectivity index is 0.00000324. The van der Waals surface area contributed by atoms with E-state index in [1.165, 1.54) is 0 Å². The topological polar surface area (TPSA) is 35.2 Å². The Morgan fingerprint density at radius 2 is 1.84 bits per heavy atom. The van der Waals surface area contributed by atoms with Crippen molar-refractivity contribution in [2.75, 3.05) is 0 Å². The minimum absolute atomic E-state index is 0. The highest BCUT2D eigenvalue weighted by Crippen LogP contribution is 2.28. The second-order valence-corrected chi connectivity index (χ2v) is 4.47. The number of halogens is 5. The van der Waals surface area contributed by atoms with Crippen LogP contribution in [0.5, 0.6) is 5.75 Å². The third-order valence-electron chi connectivity index (χ3n) is 2.33. The first kappa shape index (κ1) is 18.0. The van der Waals surface area contributed by atoms with Crippen molar-refractivity contribution in [2.45, 2.75) is 32.7 Å². The van der Waals surface area contributed by atoms with Gasteiger partial charge >= 0.3 is 6.36 Å². The predicted octanol–water partition coefficient (Wildman–Crippen LogP) is 4.19. The largest absolute Gasteiger partial charge is 0.573 e. The molecule has 0 radical (unpaired) electrons. The molecular formula is C12H16ClF4NO. The molecule has 0 saturated heterocycles. The van der Waals surface area contributed by atoms with Crippen molar-refractivity contribution < 1.29 is 22.3 Å². The third kappa shape index (κ3) is 6.11. The number of hydrogen-bond acceptors (Lipinski definition) is 2. The second kappa shape index (κ2) is 6.96. The predicted molar refractivity (Wildman–Crippen MR) is 66.7 cm³/mol. The Bertz CT molecular complexity index is 409. The lowest BCUT2D eigenvalue weighted by atomic mass is 9.97. The fraction of sp³-hybridized carbons (Fsp3) is 0.500. The first-order valence-electron chi connectivity index (χ1n) is 5.50. The zero-order valence-electron chi connectivity index (χ0n) is 10.5. The Morgan fingerprint density at radius 3 is 2.32 bits per heavy atom. The number of ether oxygens (including phenoxy) is 1. The van der Waals surface area contributed by atoms with Crippen LogP contribution in [-0.4, -0.2) is 6.36 Å². The highest BCUT2D eigenvalue weighted by Gasteiger charge is 2.31. The summed E-state index contributed by atoms with van der Waals surface area (Å²) >= 11 is 0. The fourth-order valence-corrected chi connectivity index (χ4v) is 1.64. The number of rotatable bonds is 4. The highest BCUT2D eigenvalue weighted by molar-refractivity contribution is 5.85. The molecule has 0 fully saturated rings. The van der Waals surface area contributed by atoms with Gasteiger partial charge in [-0.2, -0.15) is 0 Å². The average Bonchev–Trinajstić information content (AvgIpc) is 2.17. The smallest absolute Gasteiger partial charge is 0.406 e. The van der Waals surface area contributed by atoms with Gasteiger partial charge in [0.15, 0.2) is 0 Å². The van der Waals surface area contributed by atoms with Gasteiger partial charge in [-0.15, -0.1) is 25.6 Å². The van der Waals surface area contributed by atoms with E-state index >= 15 is 0 Å². The van der Waals surface area contributed by atoms with Gasteiger partial charge in [0.05, 0.1) is 0 Å². The van der Waals surface area contributed by atoms with Gasteiger partial charge in [-0.3, -0.25) is 0 Å². The molecule has 0 heterocycles. The number of benzene rings is 1. The Kier molecular flexibility index (Phi) is 6.59. The van der Waals surface area contributed by atoms with Gasteiger partial charge in [0.2, 0.25) is 0 Å². The molecule has 0 aliphatic heterocycles. The summed E-state index contributed by atoms with van der Waals surface area (Å²) in [5.41, 5.74) is 5.79. The quantitative estimate of drug-likeness (QED) is 0.846. The van der Waals surface area contributed by atoms with E-state index in [0.29, 0.717) is 6.42 Å². The molecule has 0 spiro atoms. The van der Waals surface area contributed by atoms with E-state index in [1.807, 2.05) is 13.8 Å². The van der Waals surface area contributed by atoms with Crippen molar-refractivity contribution in [3.05, 3.63) is 29.6 Å². The van der Waals surface area contributed by atoms with Crippen molar-refractivity contribution >= 4 is 12.4 Å². The van der Waals surface area contributed by atoms with Crippen LogP contribution in [0.1, 0.15) is 31.9 Å². The first-order valence-corrected chi connectivity index (χ1v) is 5.50. The number of alkyl halides is 3. The van der Waals surface area contributed by atoms with Gasteiger partial charge in [-0.1, -0.05) is 13.8 Å². The molecule has 0 saturated carbocycles. The summed E-state index contributed by atoms with van der Waals surface area (Å²) < 4.78 is 53.3. The summed E-state index contributed by atoms with van der Waals surface area (Å²) in [4.78, 5) is 0. The Morgan fingerprint density at radius 1 is 1.26 bits per heavy atom. The van der Waals surface area contributed by atoms with Crippen molar-refractivity contribution in [1.29, 1.82) is 0 Å². The van der Waals surface area contributed by atoms with Crippen molar-refractivity contribution in [1.82, 2.24) is 0 Å². The molecule has 0 amide bonds. The van der Waals surface area contributed by atoms with Crippen LogP contribution in [-0.2, 0) is 0 Å². The van der Waals surface area contributed by atoms with E-state index < -0.39 is 24.0 Å². The molecule has 0 bridgehead atoms. The summed E-state index contributed by atoms with van der Waals surface area (Å²) in [5.74, 6) is -0.873. The molecule has 0 aliphatic carbocycles. The van der Waals surface area contributed by atoms with E-state index in [-0.39, 0.29) is 23.9 Å².